The van der Waals surface area contributed by atoms with Crippen molar-refractivity contribution in [3.63, 3.8) is 0 Å². The molecule has 0 aliphatic carbocycles. The van der Waals surface area contributed by atoms with E-state index in [2.05, 4.69) is 12.1 Å². The molecule has 3 nitrogen and oxygen atoms in total. The zero-order valence-electron chi connectivity index (χ0n) is 10.8. The number of hydrogen-bond donors (Lipinski definition) is 0. The maximum Gasteiger partial charge on any atom is 0.188 e. The molecule has 1 heterocycles. The Morgan fingerprint density at radius 3 is 2.63 bits per heavy atom. The highest BCUT2D eigenvalue weighted by atomic mass is 32.2. The number of hydrogen-bond acceptors (Lipinski definition) is 4. The molecular weight excluding hydrogens is 260 g/mol. The monoisotopic (exact) mass is 278 g/mol. The zero-order chi connectivity index (χ0) is 13.4. The molecule has 1 aromatic carbocycles. The van der Waals surface area contributed by atoms with Crippen LogP contribution in [0.4, 0.5) is 0 Å². The number of aldehydes is 1. The molecule has 4 heteroatoms. The molecule has 0 aromatic heterocycles. The van der Waals surface area contributed by atoms with Gasteiger partial charge in [-0.3, -0.25) is 0 Å². The number of benzene rings is 1. The van der Waals surface area contributed by atoms with Crippen LogP contribution < -0.4 is 0 Å². The Kier molecular flexibility index (Phi) is 5.63. The van der Waals surface area contributed by atoms with E-state index >= 15 is 0 Å². The lowest BCUT2D eigenvalue weighted by atomic mass is 10.1. The van der Waals surface area contributed by atoms with Crippen LogP contribution >= 0.6 is 11.8 Å². The van der Waals surface area contributed by atoms with Crippen LogP contribution in [0.15, 0.2) is 46.7 Å². The average Bonchev–Trinajstić information content (AvgIpc) is 2.89. The summed E-state index contributed by atoms with van der Waals surface area (Å²) in [5, 5.41) is 2.00. The predicted molar refractivity (Wildman–Crippen MR) is 76.0 cm³/mol. The Labute approximate surface area is 118 Å². The standard InChI is InChI=1S/C15H18O3S/c16-10-5-4-8-15(17-11-12-18-15)9-13-19-14-6-2-1-3-7-14/h1-3,6-7,9-10,13H,4-5,8,11-12H2/b13-9+. The molecule has 1 aromatic rings. The van der Waals surface area contributed by atoms with Crippen LogP contribution in [0.5, 0.6) is 0 Å². The van der Waals surface area contributed by atoms with Crippen LogP contribution in [0.2, 0.25) is 0 Å². The summed E-state index contributed by atoms with van der Waals surface area (Å²) >= 11 is 1.63. The first-order chi connectivity index (χ1) is 9.35. The lowest BCUT2D eigenvalue weighted by Gasteiger charge is -2.23. The summed E-state index contributed by atoms with van der Waals surface area (Å²) in [5.41, 5.74) is 0. The Hall–Kier alpha value is -1.10. The van der Waals surface area contributed by atoms with Crippen LogP contribution in [0, 0.1) is 0 Å². The van der Waals surface area contributed by atoms with Crippen molar-refractivity contribution in [1.29, 1.82) is 0 Å². The normalized spacial score (nSPS) is 17.9. The highest BCUT2D eigenvalue weighted by molar-refractivity contribution is 8.02. The lowest BCUT2D eigenvalue weighted by Crippen LogP contribution is -2.27. The van der Waals surface area contributed by atoms with Gasteiger partial charge in [0.1, 0.15) is 6.29 Å². The van der Waals surface area contributed by atoms with Gasteiger partial charge in [-0.05, 0) is 30.0 Å². The second-order valence-electron chi connectivity index (χ2n) is 4.30. The van der Waals surface area contributed by atoms with E-state index < -0.39 is 5.79 Å². The third-order valence-electron chi connectivity index (χ3n) is 2.89. The first-order valence-corrected chi connectivity index (χ1v) is 7.34. The van der Waals surface area contributed by atoms with Crippen molar-refractivity contribution >= 4 is 18.0 Å². The number of ether oxygens (including phenoxy) is 2. The second-order valence-corrected chi connectivity index (χ2v) is 5.28. The molecule has 0 unspecified atom stereocenters. The summed E-state index contributed by atoms with van der Waals surface area (Å²) in [6, 6.07) is 10.1. The number of rotatable bonds is 7. The van der Waals surface area contributed by atoms with E-state index in [9.17, 15) is 4.79 Å². The summed E-state index contributed by atoms with van der Waals surface area (Å²) < 4.78 is 11.4. The predicted octanol–water partition coefficient (Wildman–Crippen LogP) is 3.40. The van der Waals surface area contributed by atoms with E-state index in [1.807, 2.05) is 29.7 Å². The van der Waals surface area contributed by atoms with E-state index in [1.54, 1.807) is 11.8 Å². The number of carbonyl (C=O) groups is 1. The minimum Gasteiger partial charge on any atom is -0.344 e. The summed E-state index contributed by atoms with van der Waals surface area (Å²) in [6.07, 6.45) is 4.95. The highest BCUT2D eigenvalue weighted by Gasteiger charge is 2.32. The number of carbonyl (C=O) groups excluding carboxylic acids is 1. The van der Waals surface area contributed by atoms with E-state index in [-0.39, 0.29) is 0 Å². The highest BCUT2D eigenvalue weighted by Crippen LogP contribution is 2.29. The molecule has 0 N–H and O–H groups in total. The SMILES string of the molecule is O=CCCCC1(/C=C/Sc2ccccc2)OCCO1. The van der Waals surface area contributed by atoms with Crippen LogP contribution in [0.1, 0.15) is 19.3 Å². The van der Waals surface area contributed by atoms with Gasteiger partial charge < -0.3 is 14.3 Å². The minimum absolute atomic E-state index is 0.550. The molecule has 0 atom stereocenters. The van der Waals surface area contributed by atoms with Gasteiger partial charge in [0, 0.05) is 17.7 Å². The van der Waals surface area contributed by atoms with E-state index in [4.69, 9.17) is 9.47 Å². The van der Waals surface area contributed by atoms with Crippen molar-refractivity contribution in [3.05, 3.63) is 41.8 Å². The van der Waals surface area contributed by atoms with Crippen molar-refractivity contribution in [2.24, 2.45) is 0 Å². The Bertz CT molecular complexity index is 411. The topological polar surface area (TPSA) is 35.5 Å². The molecule has 1 aliphatic rings. The zero-order valence-corrected chi connectivity index (χ0v) is 11.6. The summed E-state index contributed by atoms with van der Waals surface area (Å²) in [6.45, 7) is 1.23. The van der Waals surface area contributed by atoms with Gasteiger partial charge in [0.15, 0.2) is 5.79 Å². The van der Waals surface area contributed by atoms with Gasteiger partial charge in [-0.1, -0.05) is 30.0 Å². The summed E-state index contributed by atoms with van der Waals surface area (Å²) in [7, 11) is 0. The van der Waals surface area contributed by atoms with Gasteiger partial charge in [-0.25, -0.2) is 0 Å². The van der Waals surface area contributed by atoms with Crippen molar-refractivity contribution in [1.82, 2.24) is 0 Å². The van der Waals surface area contributed by atoms with Crippen molar-refractivity contribution < 1.29 is 14.3 Å². The maximum absolute atomic E-state index is 10.4. The molecule has 0 spiro atoms. The van der Waals surface area contributed by atoms with Gasteiger partial charge in [0.25, 0.3) is 0 Å². The number of unbranched alkanes of at least 4 members (excludes halogenated alkanes) is 1. The van der Waals surface area contributed by atoms with E-state index in [1.165, 1.54) is 4.90 Å². The van der Waals surface area contributed by atoms with Gasteiger partial charge in [-0.2, -0.15) is 0 Å². The van der Waals surface area contributed by atoms with E-state index in [0.717, 1.165) is 19.1 Å². The van der Waals surface area contributed by atoms with Gasteiger partial charge >= 0.3 is 0 Å². The fraction of sp³-hybridized carbons (Fsp3) is 0.400. The molecule has 0 radical (unpaired) electrons. The molecule has 2 rings (SSSR count). The van der Waals surface area contributed by atoms with Crippen LogP contribution in [-0.2, 0) is 14.3 Å². The molecule has 0 bridgehead atoms. The molecule has 1 saturated heterocycles. The van der Waals surface area contributed by atoms with Gasteiger partial charge in [0.2, 0.25) is 0 Å². The summed E-state index contributed by atoms with van der Waals surface area (Å²) in [4.78, 5) is 11.6. The number of thioether (sulfide) groups is 1. The van der Waals surface area contributed by atoms with Crippen molar-refractivity contribution in [2.75, 3.05) is 13.2 Å². The maximum atomic E-state index is 10.4. The van der Waals surface area contributed by atoms with Crippen LogP contribution in [-0.4, -0.2) is 25.3 Å². The molecule has 0 saturated carbocycles. The molecule has 1 aliphatic heterocycles. The Morgan fingerprint density at radius 2 is 1.95 bits per heavy atom. The Balaban J connectivity index is 1.90. The molecule has 102 valence electrons. The average molecular weight is 278 g/mol. The smallest absolute Gasteiger partial charge is 0.188 e. The Morgan fingerprint density at radius 1 is 1.21 bits per heavy atom. The fourth-order valence-corrected chi connectivity index (χ4v) is 2.69. The van der Waals surface area contributed by atoms with Crippen LogP contribution in [0.25, 0.3) is 0 Å². The molecule has 19 heavy (non-hydrogen) atoms. The molecular formula is C15H18O3S. The fourth-order valence-electron chi connectivity index (χ4n) is 1.94. The molecule has 1 fully saturated rings. The second kappa shape index (κ2) is 7.48. The van der Waals surface area contributed by atoms with E-state index in [0.29, 0.717) is 19.6 Å². The first kappa shape index (κ1) is 14.3. The lowest BCUT2D eigenvalue weighted by molar-refractivity contribution is -0.123. The minimum atomic E-state index is -0.634. The van der Waals surface area contributed by atoms with Crippen molar-refractivity contribution in [2.45, 2.75) is 29.9 Å². The third kappa shape index (κ3) is 4.49. The van der Waals surface area contributed by atoms with Crippen molar-refractivity contribution in [3.8, 4) is 0 Å². The molecule has 0 amide bonds. The quantitative estimate of drug-likeness (QED) is 0.435. The summed E-state index contributed by atoms with van der Waals surface area (Å²) in [5.74, 6) is -0.634. The van der Waals surface area contributed by atoms with Gasteiger partial charge in [0.05, 0.1) is 13.2 Å². The first-order valence-electron chi connectivity index (χ1n) is 6.46. The third-order valence-corrected chi connectivity index (χ3v) is 3.71. The largest absolute Gasteiger partial charge is 0.344 e. The van der Waals surface area contributed by atoms with Crippen LogP contribution in [0.3, 0.4) is 0 Å². The van der Waals surface area contributed by atoms with Gasteiger partial charge in [-0.15, -0.1) is 0 Å².